The quantitative estimate of drug-likeness (QED) is 0.0497. The maximum absolute atomic E-state index is 12.8. The number of fused-ring (bicyclic) bond motifs is 4. The number of para-hydroxylation sites is 4. The SMILES string of the molecule is CCC1(CC)COP(=S)(S)OC1.CCC1(CC)COP(=S)(S)OC1.O=C1CCCCC(=O)Nc2ccccc2SSc2ccccc2NC(=O)CCCCC(=O)Nc2ccccc2SSc2ccccc2N1.[Ni+2]. The van der Waals surface area contributed by atoms with Crippen LogP contribution in [0.25, 0.3) is 0 Å². The molecule has 0 unspecified atom stereocenters. The largest absolute Gasteiger partial charge is 2.00 e. The first-order chi connectivity index (χ1) is 34.5. The van der Waals surface area contributed by atoms with Crippen LogP contribution in [0.15, 0.2) is 117 Å². The predicted octanol–water partition coefficient (Wildman–Crippen LogP) is 15.9. The molecule has 0 radical (unpaired) electrons. The van der Waals surface area contributed by atoms with Crippen LogP contribution < -0.4 is 21.3 Å². The first kappa shape index (κ1) is 64.0. The molecule has 4 N–H and O–H groups in total. The third-order valence-electron chi connectivity index (χ3n) is 12.3. The van der Waals surface area contributed by atoms with E-state index < -0.39 is 11.4 Å². The van der Waals surface area contributed by atoms with Gasteiger partial charge in [0.25, 0.3) is 0 Å². The van der Waals surface area contributed by atoms with Gasteiger partial charge in [-0.25, -0.2) is 0 Å². The fraction of sp³-hybridized carbons (Fsp3) is 0.440. The van der Waals surface area contributed by atoms with Gasteiger partial charge < -0.3 is 39.4 Å². The average Bonchev–Trinajstić information content (AvgIpc) is 3.37. The third kappa shape index (κ3) is 22.0. The summed E-state index contributed by atoms with van der Waals surface area (Å²) in [5.74, 6) is -0.428. The number of benzene rings is 4. The molecule has 0 saturated carbocycles. The van der Waals surface area contributed by atoms with Crippen molar-refractivity contribution < 1.29 is 53.8 Å². The van der Waals surface area contributed by atoms with Crippen LogP contribution in [0, 0.1) is 10.8 Å². The second kappa shape index (κ2) is 32.4. The van der Waals surface area contributed by atoms with Gasteiger partial charge in [-0.05, 0) is 124 Å². The summed E-state index contributed by atoms with van der Waals surface area (Å²) in [6.45, 7) is 11.5. The molecule has 4 amide bonds. The maximum atomic E-state index is 12.8. The Morgan fingerprint density at radius 3 is 0.849 bits per heavy atom. The van der Waals surface area contributed by atoms with Gasteiger partial charge in [0.05, 0.1) is 49.2 Å². The van der Waals surface area contributed by atoms with Crippen LogP contribution in [0.2, 0.25) is 0 Å². The van der Waals surface area contributed by atoms with Gasteiger partial charge in [0, 0.05) is 56.1 Å². The number of thiol groups is 2. The Morgan fingerprint density at radius 2 is 0.644 bits per heavy atom. The van der Waals surface area contributed by atoms with Crippen molar-refractivity contribution in [3.05, 3.63) is 97.1 Å². The van der Waals surface area contributed by atoms with Crippen molar-refractivity contribution in [3.8, 4) is 0 Å². The topological polar surface area (TPSA) is 153 Å². The minimum Gasteiger partial charge on any atom is -0.325 e. The van der Waals surface area contributed by atoms with Gasteiger partial charge in [-0.2, -0.15) is 0 Å². The van der Waals surface area contributed by atoms with E-state index in [4.69, 9.17) is 41.7 Å². The summed E-state index contributed by atoms with van der Waals surface area (Å²) in [7, 11) is 6.00. The second-order valence-corrected chi connectivity index (χ2v) is 32.4. The van der Waals surface area contributed by atoms with Crippen molar-refractivity contribution in [1.82, 2.24) is 0 Å². The van der Waals surface area contributed by atoms with Gasteiger partial charge in [-0.1, -0.05) is 144 Å². The monoisotopic (exact) mass is 1230 g/mol. The van der Waals surface area contributed by atoms with E-state index in [1.165, 1.54) is 43.2 Å². The average molecular weight is 1230 g/mol. The summed E-state index contributed by atoms with van der Waals surface area (Å²) in [4.78, 5) is 54.9. The van der Waals surface area contributed by atoms with Crippen molar-refractivity contribution >= 4 is 149 Å². The van der Waals surface area contributed by atoms with Crippen molar-refractivity contribution in [3.63, 3.8) is 0 Å². The summed E-state index contributed by atoms with van der Waals surface area (Å²) in [5.41, 5.74) is -1.10. The normalized spacial score (nSPS) is 19.5. The Hall–Kier alpha value is -1.51. The molecule has 0 atom stereocenters. The van der Waals surface area contributed by atoms with Gasteiger partial charge in [0.2, 0.25) is 35.0 Å². The van der Waals surface area contributed by atoms with Crippen molar-refractivity contribution in [2.75, 3.05) is 47.7 Å². The molecule has 2 fully saturated rings. The fourth-order valence-electron chi connectivity index (χ4n) is 7.09. The van der Waals surface area contributed by atoms with Gasteiger partial charge in [0.15, 0.2) is 0 Å². The first-order valence-electron chi connectivity index (χ1n) is 24.0. The number of rotatable bonds is 4. The predicted molar refractivity (Wildman–Crippen MR) is 317 cm³/mol. The molecular formula is C50H66N4NiO8P2S8+2. The van der Waals surface area contributed by atoms with Gasteiger partial charge in [0.1, 0.15) is 0 Å². The molecule has 23 heteroatoms. The van der Waals surface area contributed by atoms with E-state index in [1.54, 1.807) is 0 Å². The van der Waals surface area contributed by atoms with Crippen LogP contribution in [-0.4, -0.2) is 50.1 Å². The van der Waals surface area contributed by atoms with Gasteiger partial charge in [-0.15, -0.1) is 0 Å². The Bertz CT molecular complexity index is 2220. The molecule has 0 aliphatic carbocycles. The van der Waals surface area contributed by atoms with Gasteiger partial charge >= 0.3 is 16.5 Å². The zero-order valence-electron chi connectivity index (χ0n) is 41.4. The number of nitrogens with one attached hydrogen (secondary N) is 4. The number of carbonyl (C=O) groups excluding carboxylic acids is 4. The number of anilines is 4. The number of hydrogen-bond acceptors (Lipinski definition) is 14. The zero-order valence-corrected chi connectivity index (χ0v) is 50.8. The second-order valence-electron chi connectivity index (χ2n) is 17.4. The van der Waals surface area contributed by atoms with Crippen LogP contribution >= 0.6 is 79.1 Å². The Kier molecular flexibility index (Phi) is 28.4. The molecule has 0 aromatic heterocycles. The molecule has 4 aromatic rings. The zero-order chi connectivity index (χ0) is 52.0. The Morgan fingerprint density at radius 1 is 0.438 bits per heavy atom. The summed E-state index contributed by atoms with van der Waals surface area (Å²) in [6.07, 6.45) is 7.80. The number of hydrogen-bond donors (Lipinski definition) is 6. The molecular weight excluding hydrogens is 1160 g/mol. The van der Waals surface area contributed by atoms with Crippen molar-refractivity contribution in [2.24, 2.45) is 10.8 Å². The maximum Gasteiger partial charge on any atom is 2.00 e. The van der Waals surface area contributed by atoms with E-state index in [9.17, 15) is 19.2 Å². The molecule has 3 heterocycles. The first-order valence-corrected chi connectivity index (χ1v) is 35.9. The third-order valence-corrected chi connectivity index (χ3v) is 21.8. The van der Waals surface area contributed by atoms with Crippen LogP contribution in [0.1, 0.15) is 105 Å². The minimum atomic E-state index is -2.17. The smallest absolute Gasteiger partial charge is 0.325 e. The van der Waals surface area contributed by atoms with Gasteiger partial charge in [-0.3, -0.25) is 19.2 Å². The summed E-state index contributed by atoms with van der Waals surface area (Å²) < 4.78 is 21.7. The van der Waals surface area contributed by atoms with E-state index in [0.29, 0.717) is 101 Å². The molecule has 0 bridgehead atoms. The van der Waals surface area contributed by atoms with E-state index in [2.05, 4.69) is 73.5 Å². The van der Waals surface area contributed by atoms with E-state index in [1.807, 2.05) is 97.1 Å². The Labute approximate surface area is 478 Å². The van der Waals surface area contributed by atoms with E-state index >= 15 is 0 Å². The molecule has 7 rings (SSSR count). The summed E-state index contributed by atoms with van der Waals surface area (Å²) in [6, 6.07) is 30.4. The van der Waals surface area contributed by atoms with Crippen molar-refractivity contribution in [2.45, 2.75) is 124 Å². The molecule has 2 saturated heterocycles. The molecule has 12 nitrogen and oxygen atoms in total. The van der Waals surface area contributed by atoms with Crippen LogP contribution in [0.3, 0.4) is 0 Å². The molecule has 3 aliphatic heterocycles. The molecule has 4 aromatic carbocycles. The van der Waals surface area contributed by atoms with Crippen LogP contribution in [0.5, 0.6) is 0 Å². The summed E-state index contributed by atoms with van der Waals surface area (Å²) in [5, 5.41) is 12.1. The molecule has 0 spiro atoms. The Balaban J connectivity index is 0.000000376. The van der Waals surface area contributed by atoms with Crippen molar-refractivity contribution in [1.29, 1.82) is 0 Å². The standard InChI is InChI=1S/C36H36N4O4S4.2C7H15O2PS2.Ni/c41-33-21-9-10-22-34(42)39-27-15-3-7-19-31(27)47-48-32-20-8-4-16-28(32)40-36(44)24-12-11-23-35(43)38-26-14-2-6-18-30(26)46-45-29-17-5-1-13-25(29)37-33;2*1-3-7(4-2)5-8-10(11,12)9-6-7;/h1-8,13-20H,9-12,21-24H2,(H,37,41)(H,38,43)(H,39,42)(H,40,44);2*3-6H2,1-2H3,(H,11,12);/q;;;+2. The number of amides is 4. The molecule has 3 aliphatic rings. The number of carbonyl (C=O) groups is 4. The fourth-order valence-corrected chi connectivity index (χ4v) is 14.9. The molecule has 73 heavy (non-hydrogen) atoms. The van der Waals surface area contributed by atoms with Crippen LogP contribution in [-0.2, 0) is 77.4 Å². The van der Waals surface area contributed by atoms with Crippen LogP contribution in [0.4, 0.5) is 22.7 Å². The van der Waals surface area contributed by atoms with E-state index in [-0.39, 0.29) is 51.0 Å². The molecule has 400 valence electrons. The van der Waals surface area contributed by atoms with E-state index in [0.717, 1.165) is 45.3 Å². The summed E-state index contributed by atoms with van der Waals surface area (Å²) >= 11 is 18.4. The minimum absolute atomic E-state index is 0.